The average molecular weight is 444 g/mol. The molecule has 1 aromatic carbocycles. The molecule has 4 rings (SSSR count). The fourth-order valence-electron chi connectivity index (χ4n) is 4.64. The normalized spacial score (nSPS) is 33.8. The summed E-state index contributed by atoms with van der Waals surface area (Å²) < 4.78 is 7.11. The molecule has 0 spiro atoms. The summed E-state index contributed by atoms with van der Waals surface area (Å²) in [5.41, 5.74) is 1.44. The quantitative estimate of drug-likeness (QED) is 0.441. The first-order valence-corrected chi connectivity index (χ1v) is 11.3. The van der Waals surface area contributed by atoms with Gasteiger partial charge in [-0.2, -0.15) is 0 Å². The third-order valence-electron chi connectivity index (χ3n) is 6.31. The highest BCUT2D eigenvalue weighted by molar-refractivity contribution is 7.19. The molecule has 1 aromatic heterocycles. The maximum atomic E-state index is 10.7. The van der Waals surface area contributed by atoms with Crippen molar-refractivity contribution in [1.82, 2.24) is 0 Å². The van der Waals surface area contributed by atoms with Gasteiger partial charge in [0.15, 0.2) is 0 Å². The van der Waals surface area contributed by atoms with E-state index in [0.29, 0.717) is 12.8 Å². The van der Waals surface area contributed by atoms with Crippen molar-refractivity contribution < 1.29 is 25.2 Å². The largest absolute Gasteiger partial charge is 0.394 e. The Morgan fingerprint density at radius 3 is 2.68 bits per heavy atom. The summed E-state index contributed by atoms with van der Waals surface area (Å²) in [5.74, 6) is 0. The lowest BCUT2D eigenvalue weighted by Gasteiger charge is -2.44. The van der Waals surface area contributed by atoms with E-state index in [0.717, 1.165) is 17.6 Å². The van der Waals surface area contributed by atoms with E-state index in [2.05, 4.69) is 31.2 Å². The van der Waals surface area contributed by atoms with Crippen LogP contribution in [0.5, 0.6) is 0 Å². The molecule has 5 N–H and O–H groups in total. The lowest BCUT2D eigenvalue weighted by Crippen LogP contribution is -2.59. The van der Waals surface area contributed by atoms with E-state index in [1.165, 1.54) is 21.2 Å². The zero-order valence-corrected chi connectivity index (χ0v) is 18.3. The fraction of sp³-hybridized carbons (Fsp3) is 0.458. The molecule has 7 heteroatoms. The van der Waals surface area contributed by atoms with Crippen LogP contribution in [0.4, 0.5) is 0 Å². The minimum absolute atomic E-state index is 0.236. The van der Waals surface area contributed by atoms with Crippen LogP contribution in [-0.2, 0) is 11.2 Å². The van der Waals surface area contributed by atoms with Gasteiger partial charge in [-0.05, 0) is 53.1 Å². The number of thiophene rings is 1. The van der Waals surface area contributed by atoms with E-state index < -0.39 is 37.1 Å². The maximum Gasteiger partial charge on any atom is 0.113 e. The van der Waals surface area contributed by atoms with Crippen molar-refractivity contribution in [2.24, 2.45) is 5.41 Å². The molecule has 1 fully saturated rings. The van der Waals surface area contributed by atoms with Crippen LogP contribution in [-0.4, -0.2) is 63.8 Å². The first kappa shape index (κ1) is 22.3. The number of rotatable bonds is 6. The summed E-state index contributed by atoms with van der Waals surface area (Å²) in [6, 6.07) is 10.5. The number of aliphatic hydroxyl groups excluding tert-OH is 4. The second-order valence-electron chi connectivity index (χ2n) is 8.80. The summed E-state index contributed by atoms with van der Waals surface area (Å²) in [6.07, 6.45) is 1.32. The van der Waals surface area contributed by atoms with Gasteiger partial charge in [0.25, 0.3) is 0 Å². The molecule has 0 amide bonds. The van der Waals surface area contributed by atoms with Crippen molar-refractivity contribution in [2.75, 3.05) is 6.61 Å². The van der Waals surface area contributed by atoms with Gasteiger partial charge in [0.05, 0.1) is 6.61 Å². The van der Waals surface area contributed by atoms with Crippen LogP contribution >= 0.6 is 11.3 Å². The SMILES string of the molecule is CC1(Cc2cc3ccccc3s2)C=CC(CC=N)=C(C2OC(CO)C(O)C(O)C2O)C1. The predicted molar refractivity (Wildman–Crippen MR) is 122 cm³/mol. The maximum absolute atomic E-state index is 10.7. The minimum Gasteiger partial charge on any atom is -0.394 e. The lowest BCUT2D eigenvalue weighted by atomic mass is 9.72. The van der Waals surface area contributed by atoms with Crippen LogP contribution in [0, 0.1) is 10.8 Å². The number of hydrogen-bond donors (Lipinski definition) is 5. The molecule has 1 aliphatic heterocycles. The van der Waals surface area contributed by atoms with E-state index in [1.807, 2.05) is 18.2 Å². The number of fused-ring (bicyclic) bond motifs is 1. The Balaban J connectivity index is 1.63. The van der Waals surface area contributed by atoms with Crippen molar-refractivity contribution in [2.45, 2.75) is 56.7 Å². The second kappa shape index (κ2) is 8.94. The molecule has 166 valence electrons. The molecule has 0 radical (unpaired) electrons. The Hall–Kier alpha value is -1.87. The number of hydrogen-bond acceptors (Lipinski definition) is 7. The van der Waals surface area contributed by atoms with Crippen molar-refractivity contribution >= 4 is 27.6 Å². The molecule has 31 heavy (non-hydrogen) atoms. The molecule has 6 unspecified atom stereocenters. The zero-order valence-electron chi connectivity index (χ0n) is 17.4. The molecule has 6 nitrogen and oxygen atoms in total. The monoisotopic (exact) mass is 443 g/mol. The summed E-state index contributed by atoms with van der Waals surface area (Å²) >= 11 is 1.77. The zero-order chi connectivity index (χ0) is 22.2. The van der Waals surface area contributed by atoms with Crippen LogP contribution in [0.25, 0.3) is 10.1 Å². The topological polar surface area (TPSA) is 114 Å². The molecular weight excluding hydrogens is 414 g/mol. The molecule has 1 aliphatic carbocycles. The van der Waals surface area contributed by atoms with Gasteiger partial charge in [0, 0.05) is 16.0 Å². The molecule has 2 heterocycles. The van der Waals surface area contributed by atoms with Crippen molar-refractivity contribution in [3.05, 3.63) is 58.5 Å². The molecule has 2 aliphatic rings. The minimum atomic E-state index is -1.41. The molecule has 0 bridgehead atoms. The number of benzene rings is 1. The number of allylic oxidation sites excluding steroid dienone is 3. The van der Waals surface area contributed by atoms with E-state index in [-0.39, 0.29) is 5.41 Å². The first-order chi connectivity index (χ1) is 14.8. The van der Waals surface area contributed by atoms with Gasteiger partial charge >= 0.3 is 0 Å². The smallest absolute Gasteiger partial charge is 0.113 e. The summed E-state index contributed by atoms with van der Waals surface area (Å²) in [5, 5.41) is 49.5. The van der Waals surface area contributed by atoms with Gasteiger partial charge in [0.2, 0.25) is 0 Å². The van der Waals surface area contributed by atoms with Crippen molar-refractivity contribution in [3.63, 3.8) is 0 Å². The number of ether oxygens (including phenoxy) is 1. The van der Waals surface area contributed by atoms with Gasteiger partial charge in [-0.3, -0.25) is 0 Å². The van der Waals surface area contributed by atoms with Crippen LogP contribution in [0.1, 0.15) is 24.6 Å². The molecule has 6 atom stereocenters. The first-order valence-electron chi connectivity index (χ1n) is 10.5. The van der Waals surface area contributed by atoms with E-state index in [9.17, 15) is 20.4 Å². The highest BCUT2D eigenvalue weighted by Crippen LogP contribution is 2.43. The number of aliphatic hydroxyl groups is 4. The third-order valence-corrected chi connectivity index (χ3v) is 7.42. The third kappa shape index (κ3) is 4.39. The van der Waals surface area contributed by atoms with E-state index in [4.69, 9.17) is 10.1 Å². The van der Waals surface area contributed by atoms with Crippen LogP contribution in [0.3, 0.4) is 0 Å². The van der Waals surface area contributed by atoms with Crippen LogP contribution in [0.15, 0.2) is 53.6 Å². The second-order valence-corrected chi connectivity index (χ2v) is 9.97. The average Bonchev–Trinajstić information content (AvgIpc) is 3.16. The molecular formula is C24H29NO5S. The fourth-order valence-corrected chi connectivity index (χ4v) is 5.90. The predicted octanol–water partition coefficient (Wildman–Crippen LogP) is 2.59. The summed E-state index contributed by atoms with van der Waals surface area (Å²) in [7, 11) is 0. The Kier molecular flexibility index (Phi) is 6.44. The van der Waals surface area contributed by atoms with Gasteiger partial charge in [-0.15, -0.1) is 11.3 Å². The van der Waals surface area contributed by atoms with E-state index >= 15 is 0 Å². The highest BCUT2D eigenvalue weighted by Gasteiger charge is 2.46. The Morgan fingerprint density at radius 2 is 1.97 bits per heavy atom. The van der Waals surface area contributed by atoms with Crippen LogP contribution in [0.2, 0.25) is 0 Å². The van der Waals surface area contributed by atoms with Crippen LogP contribution < -0.4 is 0 Å². The Morgan fingerprint density at radius 1 is 1.19 bits per heavy atom. The molecule has 0 saturated carbocycles. The highest BCUT2D eigenvalue weighted by atomic mass is 32.1. The van der Waals surface area contributed by atoms with Gasteiger partial charge in [-0.25, -0.2) is 0 Å². The summed E-state index contributed by atoms with van der Waals surface area (Å²) in [4.78, 5) is 1.26. The molecule has 1 saturated heterocycles. The van der Waals surface area contributed by atoms with Gasteiger partial charge in [-0.1, -0.05) is 37.3 Å². The lowest BCUT2D eigenvalue weighted by molar-refractivity contribution is -0.220. The molecule has 2 aromatic rings. The summed E-state index contributed by atoms with van der Waals surface area (Å²) in [6.45, 7) is 1.70. The van der Waals surface area contributed by atoms with Crippen molar-refractivity contribution in [1.29, 1.82) is 5.41 Å². The van der Waals surface area contributed by atoms with Crippen molar-refractivity contribution in [3.8, 4) is 0 Å². The number of nitrogens with one attached hydrogen (secondary N) is 1. The Labute approximate surface area is 185 Å². The van der Waals surface area contributed by atoms with Gasteiger partial charge in [0.1, 0.15) is 30.5 Å². The Bertz CT molecular complexity index is 979. The van der Waals surface area contributed by atoms with E-state index in [1.54, 1.807) is 11.3 Å². The van der Waals surface area contributed by atoms with Gasteiger partial charge < -0.3 is 30.6 Å². The standard InChI is InChI=1S/C24H29NO5S/c1-24(11-16-10-15-4-2-3-5-19(15)31-16)8-6-14(7-9-25)17(12-24)23-22(29)21(28)20(27)18(13-26)30-23/h2-6,8-10,18,20-23,25-29H,7,11-13H2,1H3.